The number of carbonyl (C=O) groups is 3. The third-order valence-electron chi connectivity index (χ3n) is 10.3. The highest BCUT2D eigenvalue weighted by Crippen LogP contribution is 2.13. The first-order chi connectivity index (χ1) is 31.6. The number of carbonyl (C=O) groups excluding carboxylic acids is 2. The van der Waals surface area contributed by atoms with E-state index in [1.165, 1.54) is 38.5 Å². The zero-order chi connectivity index (χ0) is 47.7. The van der Waals surface area contributed by atoms with Crippen molar-refractivity contribution in [3.05, 3.63) is 97.2 Å². The van der Waals surface area contributed by atoms with E-state index >= 15 is 0 Å². The largest absolute Gasteiger partial charge is 0.477 e. The van der Waals surface area contributed by atoms with Crippen LogP contribution >= 0.6 is 0 Å². The molecule has 0 amide bonds. The number of likely N-dealkylation sites (N-methyl/N-ethyl adjacent to an activating group) is 1. The van der Waals surface area contributed by atoms with Gasteiger partial charge >= 0.3 is 17.9 Å². The molecule has 0 bridgehead atoms. The van der Waals surface area contributed by atoms with Crippen molar-refractivity contribution in [2.75, 3.05) is 47.5 Å². The smallest absolute Gasteiger partial charge is 0.361 e. The van der Waals surface area contributed by atoms with Gasteiger partial charge in [-0.05, 0) is 96.3 Å². The third-order valence-corrected chi connectivity index (χ3v) is 10.3. The zero-order valence-electron chi connectivity index (χ0n) is 41.9. The second-order valence-electron chi connectivity index (χ2n) is 17.7. The SMILES string of the molecule is CC/C=C\C/C=C\C/C=C\C/C=C\C/C=C\CCCCCCCC(=O)OC(COC(=O)CCCCCCCC/C=C\C/C=C\C/C=C\CCCCC)COC(OCC[N+](C)(C)C)C(=O)O. The molecule has 0 aromatic rings. The van der Waals surface area contributed by atoms with E-state index in [1.807, 2.05) is 21.1 Å². The third kappa shape index (κ3) is 48.0. The highest BCUT2D eigenvalue weighted by molar-refractivity contribution is 5.71. The number of allylic oxidation sites excluding steroid dienone is 16. The molecule has 65 heavy (non-hydrogen) atoms. The second kappa shape index (κ2) is 46.7. The van der Waals surface area contributed by atoms with Crippen molar-refractivity contribution < 1.29 is 42.9 Å². The van der Waals surface area contributed by atoms with Crippen molar-refractivity contribution in [2.24, 2.45) is 0 Å². The first-order valence-corrected chi connectivity index (χ1v) is 25.4. The summed E-state index contributed by atoms with van der Waals surface area (Å²) in [6.07, 6.45) is 58.9. The summed E-state index contributed by atoms with van der Waals surface area (Å²) < 4.78 is 22.8. The van der Waals surface area contributed by atoms with Gasteiger partial charge in [-0.25, -0.2) is 4.79 Å². The van der Waals surface area contributed by atoms with E-state index in [-0.39, 0.29) is 38.6 Å². The molecule has 0 aliphatic heterocycles. The molecule has 2 atom stereocenters. The normalized spacial score (nSPS) is 13.7. The van der Waals surface area contributed by atoms with E-state index in [1.54, 1.807) is 0 Å². The summed E-state index contributed by atoms with van der Waals surface area (Å²) >= 11 is 0. The minimum absolute atomic E-state index is 0.175. The lowest BCUT2D eigenvalue weighted by molar-refractivity contribution is -0.870. The number of hydrogen-bond donors (Lipinski definition) is 1. The molecule has 0 aliphatic rings. The van der Waals surface area contributed by atoms with Crippen LogP contribution in [0.25, 0.3) is 0 Å². The number of hydrogen-bond acceptors (Lipinski definition) is 7. The maximum absolute atomic E-state index is 12.8. The van der Waals surface area contributed by atoms with Crippen molar-refractivity contribution in [3.8, 4) is 0 Å². The molecule has 0 rings (SSSR count). The molecule has 0 heterocycles. The van der Waals surface area contributed by atoms with E-state index < -0.39 is 24.3 Å². The van der Waals surface area contributed by atoms with Gasteiger partial charge in [0.1, 0.15) is 13.2 Å². The van der Waals surface area contributed by atoms with Crippen LogP contribution in [-0.2, 0) is 33.3 Å². The fourth-order valence-corrected chi connectivity index (χ4v) is 6.40. The maximum Gasteiger partial charge on any atom is 0.361 e. The van der Waals surface area contributed by atoms with Gasteiger partial charge in [-0.3, -0.25) is 9.59 Å². The summed E-state index contributed by atoms with van der Waals surface area (Å²) in [6, 6.07) is 0. The summed E-state index contributed by atoms with van der Waals surface area (Å²) in [5.41, 5.74) is 0. The zero-order valence-corrected chi connectivity index (χ0v) is 41.9. The van der Waals surface area contributed by atoms with E-state index in [9.17, 15) is 19.5 Å². The molecule has 0 spiro atoms. The quantitative estimate of drug-likeness (QED) is 0.0212. The monoisotopic (exact) mass is 909 g/mol. The van der Waals surface area contributed by atoms with Gasteiger partial charge in [0.05, 0.1) is 34.4 Å². The Morgan fingerprint density at radius 1 is 0.477 bits per heavy atom. The minimum Gasteiger partial charge on any atom is -0.477 e. The fraction of sp³-hybridized carbons (Fsp3) is 0.661. The highest BCUT2D eigenvalue weighted by Gasteiger charge is 2.25. The number of esters is 2. The summed E-state index contributed by atoms with van der Waals surface area (Å²) in [5, 5.41) is 9.67. The molecule has 2 unspecified atom stereocenters. The number of rotatable bonds is 45. The number of unbranched alkanes of at least 4 members (excludes halogenated alkanes) is 14. The van der Waals surface area contributed by atoms with Crippen molar-refractivity contribution in [2.45, 2.75) is 193 Å². The average molecular weight is 909 g/mol. The Morgan fingerprint density at radius 3 is 1.31 bits per heavy atom. The standard InChI is InChI=1S/C56H93NO8/c1-6-8-10-12-14-16-18-20-22-24-26-27-29-31-33-35-37-39-41-43-45-47-54(59)65-52(51-64-56(55(60)61)62-49-48-57(3,4)5)50-63-53(58)46-44-42-40-38-36-34-32-30-28-25-23-21-19-17-15-13-11-9-7-2/h8,10,14-17,20-23,26-28,30-31,33,52,56H,6-7,9,11-13,18-19,24-25,29,32,34-51H2,1-5H3/p+1/b10-8-,16-14-,17-15-,22-20-,23-21-,27-26-,30-28-,33-31-. The average Bonchev–Trinajstić information content (AvgIpc) is 3.27. The summed E-state index contributed by atoms with van der Waals surface area (Å²) in [6.45, 7) is 4.67. The van der Waals surface area contributed by atoms with Gasteiger partial charge in [-0.1, -0.05) is 169 Å². The van der Waals surface area contributed by atoms with Crippen molar-refractivity contribution >= 4 is 17.9 Å². The van der Waals surface area contributed by atoms with Crippen LogP contribution < -0.4 is 0 Å². The summed E-state index contributed by atoms with van der Waals surface area (Å²) in [5.74, 6) is -2.06. The molecule has 0 fully saturated rings. The number of carboxylic acid groups (broad SMARTS) is 1. The van der Waals surface area contributed by atoms with Crippen LogP contribution in [0.5, 0.6) is 0 Å². The van der Waals surface area contributed by atoms with Crippen molar-refractivity contribution in [3.63, 3.8) is 0 Å². The molecule has 0 aromatic carbocycles. The fourth-order valence-electron chi connectivity index (χ4n) is 6.40. The van der Waals surface area contributed by atoms with Gasteiger partial charge in [0, 0.05) is 12.8 Å². The molecule has 9 heteroatoms. The van der Waals surface area contributed by atoms with Gasteiger partial charge in [0.2, 0.25) is 0 Å². The van der Waals surface area contributed by atoms with Crippen molar-refractivity contribution in [1.29, 1.82) is 0 Å². The molecule has 1 N–H and O–H groups in total. The van der Waals surface area contributed by atoms with Crippen molar-refractivity contribution in [1.82, 2.24) is 0 Å². The topological polar surface area (TPSA) is 108 Å². The Labute approximate surface area is 397 Å². The molecule has 370 valence electrons. The number of aliphatic carboxylic acids is 1. The van der Waals surface area contributed by atoms with Crippen LogP contribution in [0, 0.1) is 0 Å². The lowest BCUT2D eigenvalue weighted by Gasteiger charge is -2.25. The highest BCUT2D eigenvalue weighted by atomic mass is 16.7. The first kappa shape index (κ1) is 61.2. The molecule has 0 saturated heterocycles. The first-order valence-electron chi connectivity index (χ1n) is 25.4. The predicted octanol–water partition coefficient (Wildman–Crippen LogP) is 14.2. The Morgan fingerprint density at radius 2 is 0.877 bits per heavy atom. The van der Waals surface area contributed by atoms with E-state index in [0.717, 1.165) is 109 Å². The number of quaternary nitrogens is 1. The maximum atomic E-state index is 12.8. The Balaban J connectivity index is 4.45. The molecule has 0 saturated carbocycles. The molecule has 0 aliphatic carbocycles. The van der Waals surface area contributed by atoms with Gasteiger partial charge in [-0.15, -0.1) is 0 Å². The molecule has 0 radical (unpaired) electrons. The molecular formula is C56H94NO8+. The molecule has 9 nitrogen and oxygen atoms in total. The van der Waals surface area contributed by atoms with E-state index in [4.69, 9.17) is 18.9 Å². The Hall–Kier alpha value is -3.79. The molecular weight excluding hydrogens is 815 g/mol. The van der Waals surface area contributed by atoms with Gasteiger partial charge in [0.15, 0.2) is 6.10 Å². The van der Waals surface area contributed by atoms with Crippen LogP contribution in [0.2, 0.25) is 0 Å². The van der Waals surface area contributed by atoms with Gasteiger partial charge in [-0.2, -0.15) is 0 Å². The lowest BCUT2D eigenvalue weighted by atomic mass is 10.1. The predicted molar refractivity (Wildman–Crippen MR) is 272 cm³/mol. The van der Waals surface area contributed by atoms with Crippen LogP contribution in [0.3, 0.4) is 0 Å². The Bertz CT molecular complexity index is 1380. The second-order valence-corrected chi connectivity index (χ2v) is 17.7. The van der Waals surface area contributed by atoms with Gasteiger partial charge < -0.3 is 28.5 Å². The van der Waals surface area contributed by atoms with Crippen LogP contribution in [0.1, 0.15) is 181 Å². The molecule has 0 aromatic heterocycles. The van der Waals surface area contributed by atoms with E-state index in [0.29, 0.717) is 17.4 Å². The number of ether oxygens (including phenoxy) is 4. The van der Waals surface area contributed by atoms with Crippen LogP contribution in [0.4, 0.5) is 0 Å². The van der Waals surface area contributed by atoms with Crippen LogP contribution in [0.15, 0.2) is 97.2 Å². The lowest BCUT2D eigenvalue weighted by Crippen LogP contribution is -2.40. The number of carboxylic acids is 1. The summed E-state index contributed by atoms with van der Waals surface area (Å²) in [4.78, 5) is 37.3. The Kier molecular flexibility index (Phi) is 44.0. The minimum atomic E-state index is -1.52. The van der Waals surface area contributed by atoms with Crippen LogP contribution in [-0.4, -0.2) is 87.4 Å². The number of nitrogens with zero attached hydrogens (tertiary/aromatic N) is 1. The van der Waals surface area contributed by atoms with E-state index in [2.05, 4.69) is 111 Å². The summed E-state index contributed by atoms with van der Waals surface area (Å²) in [7, 11) is 5.94. The van der Waals surface area contributed by atoms with Gasteiger partial charge in [0.25, 0.3) is 6.29 Å².